The van der Waals surface area contributed by atoms with E-state index < -0.39 is 0 Å². The summed E-state index contributed by atoms with van der Waals surface area (Å²) in [6.07, 6.45) is 4.19. The van der Waals surface area contributed by atoms with Gasteiger partial charge in [-0.05, 0) is 43.2 Å². The maximum atomic E-state index is 14.2. The Hall–Kier alpha value is -2.18. The van der Waals surface area contributed by atoms with Crippen molar-refractivity contribution in [3.8, 4) is 0 Å². The van der Waals surface area contributed by atoms with Gasteiger partial charge in [0, 0.05) is 44.7 Å². The summed E-state index contributed by atoms with van der Waals surface area (Å²) in [5.41, 5.74) is 7.81. The number of halogens is 1. The summed E-state index contributed by atoms with van der Waals surface area (Å²) in [4.78, 5) is 9.12. The van der Waals surface area contributed by atoms with Crippen LogP contribution in [0.2, 0.25) is 0 Å². The van der Waals surface area contributed by atoms with Crippen molar-refractivity contribution >= 4 is 11.4 Å². The molecule has 1 aromatic carbocycles. The zero-order valence-corrected chi connectivity index (χ0v) is 14.9. The first kappa shape index (κ1) is 17.2. The number of nitrogens with two attached hydrogens (primary N) is 1. The molecule has 1 unspecified atom stereocenters. The number of nitrogen functional groups attached to an aromatic ring is 1. The number of benzene rings is 1. The van der Waals surface area contributed by atoms with Gasteiger partial charge in [0.2, 0.25) is 0 Å². The molecule has 0 bridgehead atoms. The average molecular weight is 356 g/mol. The van der Waals surface area contributed by atoms with E-state index >= 15 is 0 Å². The van der Waals surface area contributed by atoms with Crippen molar-refractivity contribution in [2.24, 2.45) is 0 Å². The van der Waals surface area contributed by atoms with Crippen LogP contribution in [-0.4, -0.2) is 48.8 Å². The van der Waals surface area contributed by atoms with Crippen molar-refractivity contribution in [1.82, 2.24) is 9.88 Å². The molecule has 2 fully saturated rings. The van der Waals surface area contributed by atoms with Gasteiger partial charge < -0.3 is 15.4 Å². The second kappa shape index (κ2) is 7.60. The molecule has 138 valence electrons. The molecule has 0 spiro atoms. The quantitative estimate of drug-likeness (QED) is 0.854. The van der Waals surface area contributed by atoms with E-state index in [0.717, 1.165) is 51.3 Å². The highest BCUT2D eigenvalue weighted by Gasteiger charge is 2.35. The van der Waals surface area contributed by atoms with Crippen molar-refractivity contribution in [2.75, 3.05) is 43.4 Å². The number of hydrogen-bond acceptors (Lipinski definition) is 5. The van der Waals surface area contributed by atoms with Gasteiger partial charge in [-0.15, -0.1) is 0 Å². The van der Waals surface area contributed by atoms with E-state index in [9.17, 15) is 4.39 Å². The van der Waals surface area contributed by atoms with E-state index in [1.807, 2.05) is 18.3 Å². The number of pyridine rings is 1. The summed E-state index contributed by atoms with van der Waals surface area (Å²) in [6.45, 7) is 4.08. The third-order valence-corrected chi connectivity index (χ3v) is 5.33. The van der Waals surface area contributed by atoms with Gasteiger partial charge in [-0.1, -0.05) is 6.07 Å². The standard InChI is InChI=1S/C20H25FN4O/c21-16-14-15(22)6-7-18(16)24-9-11-25(12-10-24)20(19-5-3-13-26-19)17-4-1-2-8-23-17/h1-2,4,6-8,14,19-20H,3,5,9-13,22H2/t19-,20?/m1/s1. The maximum absolute atomic E-state index is 14.2. The van der Waals surface area contributed by atoms with Crippen molar-refractivity contribution in [3.05, 3.63) is 54.1 Å². The van der Waals surface area contributed by atoms with Crippen LogP contribution in [-0.2, 0) is 4.74 Å². The predicted molar refractivity (Wildman–Crippen MR) is 101 cm³/mol. The van der Waals surface area contributed by atoms with E-state index in [1.165, 1.54) is 6.07 Å². The van der Waals surface area contributed by atoms with Crippen LogP contribution in [0.4, 0.5) is 15.8 Å². The highest BCUT2D eigenvalue weighted by Crippen LogP contribution is 2.32. The lowest BCUT2D eigenvalue weighted by Crippen LogP contribution is -2.50. The van der Waals surface area contributed by atoms with E-state index in [-0.39, 0.29) is 18.0 Å². The molecule has 0 aliphatic carbocycles. The molecule has 5 nitrogen and oxygen atoms in total. The van der Waals surface area contributed by atoms with Crippen LogP contribution in [0, 0.1) is 5.82 Å². The highest BCUT2D eigenvalue weighted by molar-refractivity contribution is 5.54. The van der Waals surface area contributed by atoms with Crippen LogP contribution < -0.4 is 10.6 Å². The number of nitrogens with zero attached hydrogens (tertiary/aromatic N) is 3. The van der Waals surface area contributed by atoms with Gasteiger partial charge in [-0.3, -0.25) is 9.88 Å². The minimum absolute atomic E-state index is 0.164. The smallest absolute Gasteiger partial charge is 0.148 e. The second-order valence-corrected chi connectivity index (χ2v) is 6.98. The Kier molecular flexibility index (Phi) is 5.04. The van der Waals surface area contributed by atoms with Gasteiger partial charge in [0.1, 0.15) is 5.82 Å². The number of rotatable bonds is 4. The van der Waals surface area contributed by atoms with Crippen LogP contribution in [0.25, 0.3) is 0 Å². The Balaban J connectivity index is 1.49. The van der Waals surface area contributed by atoms with Crippen LogP contribution in [0.1, 0.15) is 24.6 Å². The molecule has 0 saturated carbocycles. The van der Waals surface area contributed by atoms with Crippen molar-refractivity contribution < 1.29 is 9.13 Å². The molecule has 2 aliphatic rings. The first-order valence-electron chi connectivity index (χ1n) is 9.29. The summed E-state index contributed by atoms with van der Waals surface area (Å²) >= 11 is 0. The Morgan fingerprint density at radius 2 is 2.00 bits per heavy atom. The van der Waals surface area contributed by atoms with Crippen molar-refractivity contribution in [2.45, 2.75) is 25.0 Å². The maximum Gasteiger partial charge on any atom is 0.148 e. The molecule has 3 heterocycles. The number of anilines is 2. The predicted octanol–water partition coefficient (Wildman–Crippen LogP) is 2.85. The SMILES string of the molecule is Nc1ccc(N2CCN(C(c3ccccn3)[C@H]3CCCO3)CC2)c(F)c1. The fourth-order valence-corrected chi connectivity index (χ4v) is 4.04. The molecular weight excluding hydrogens is 331 g/mol. The first-order chi connectivity index (χ1) is 12.7. The Bertz CT molecular complexity index is 728. The summed E-state index contributed by atoms with van der Waals surface area (Å²) in [5.74, 6) is -0.251. The van der Waals surface area contributed by atoms with Crippen LogP contribution in [0.5, 0.6) is 0 Å². The fraction of sp³-hybridized carbons (Fsp3) is 0.450. The zero-order chi connectivity index (χ0) is 17.9. The Labute approximate surface area is 153 Å². The monoisotopic (exact) mass is 356 g/mol. The lowest BCUT2D eigenvalue weighted by atomic mass is 10.0. The lowest BCUT2D eigenvalue weighted by molar-refractivity contribution is 0.0183. The van der Waals surface area contributed by atoms with Gasteiger partial charge in [0.25, 0.3) is 0 Å². The molecule has 1 aromatic heterocycles. The van der Waals surface area contributed by atoms with Gasteiger partial charge in [-0.2, -0.15) is 0 Å². The molecule has 2 atom stereocenters. The molecule has 0 radical (unpaired) electrons. The minimum atomic E-state index is -0.251. The summed E-state index contributed by atoms with van der Waals surface area (Å²) in [6, 6.07) is 11.1. The molecule has 26 heavy (non-hydrogen) atoms. The van der Waals surface area contributed by atoms with E-state index in [0.29, 0.717) is 11.4 Å². The summed E-state index contributed by atoms with van der Waals surface area (Å²) in [7, 11) is 0. The van der Waals surface area contributed by atoms with Gasteiger partial charge >= 0.3 is 0 Å². The normalized spacial score (nSPS) is 22.5. The molecule has 2 saturated heterocycles. The topological polar surface area (TPSA) is 54.6 Å². The van der Waals surface area contributed by atoms with Crippen molar-refractivity contribution in [1.29, 1.82) is 0 Å². The molecule has 2 N–H and O–H groups in total. The van der Waals surface area contributed by atoms with Gasteiger partial charge in [0.15, 0.2) is 0 Å². The molecule has 0 amide bonds. The number of aromatic nitrogens is 1. The largest absolute Gasteiger partial charge is 0.399 e. The van der Waals surface area contributed by atoms with Crippen molar-refractivity contribution in [3.63, 3.8) is 0 Å². The summed E-state index contributed by atoms with van der Waals surface area (Å²) in [5, 5.41) is 0. The lowest BCUT2D eigenvalue weighted by Gasteiger charge is -2.41. The number of hydrogen-bond donors (Lipinski definition) is 1. The number of ether oxygens (including phenoxy) is 1. The molecule has 6 heteroatoms. The van der Waals surface area contributed by atoms with Gasteiger partial charge in [-0.25, -0.2) is 4.39 Å². The Morgan fingerprint density at radius 1 is 1.15 bits per heavy atom. The average Bonchev–Trinajstić information content (AvgIpc) is 3.18. The molecule has 2 aliphatic heterocycles. The van der Waals surface area contributed by atoms with E-state index in [2.05, 4.69) is 20.9 Å². The molecule has 2 aromatic rings. The summed E-state index contributed by atoms with van der Waals surface area (Å²) < 4.78 is 20.2. The highest BCUT2D eigenvalue weighted by atomic mass is 19.1. The van der Waals surface area contributed by atoms with E-state index in [1.54, 1.807) is 12.1 Å². The molecule has 4 rings (SSSR count). The second-order valence-electron chi connectivity index (χ2n) is 6.98. The third-order valence-electron chi connectivity index (χ3n) is 5.33. The Morgan fingerprint density at radius 3 is 2.65 bits per heavy atom. The van der Waals surface area contributed by atoms with Crippen LogP contribution >= 0.6 is 0 Å². The zero-order valence-electron chi connectivity index (χ0n) is 14.9. The fourth-order valence-electron chi connectivity index (χ4n) is 4.04. The third kappa shape index (κ3) is 3.52. The van der Waals surface area contributed by atoms with Crippen LogP contribution in [0.15, 0.2) is 42.6 Å². The number of piperazine rings is 1. The molecular formula is C20H25FN4O. The first-order valence-corrected chi connectivity index (χ1v) is 9.29. The minimum Gasteiger partial charge on any atom is -0.399 e. The van der Waals surface area contributed by atoms with E-state index in [4.69, 9.17) is 10.5 Å². The van der Waals surface area contributed by atoms with Crippen LogP contribution in [0.3, 0.4) is 0 Å². The van der Waals surface area contributed by atoms with Gasteiger partial charge in [0.05, 0.1) is 23.5 Å².